The second-order valence-corrected chi connectivity index (χ2v) is 10.2. The number of hydrogen-bond donors (Lipinski definition) is 0. The van der Waals surface area contributed by atoms with Crippen LogP contribution in [0.1, 0.15) is 77.6 Å². The molecule has 0 N–H and O–H groups in total. The van der Waals surface area contributed by atoms with E-state index in [2.05, 4.69) is 6.92 Å². The molecule has 0 aromatic rings. The molecule has 154 valence electrons. The van der Waals surface area contributed by atoms with Gasteiger partial charge in [0.25, 0.3) is 0 Å². The van der Waals surface area contributed by atoms with Crippen molar-refractivity contribution in [2.45, 2.75) is 83.8 Å². The van der Waals surface area contributed by atoms with Gasteiger partial charge < -0.3 is 9.47 Å². The molecular weight excluding hydrogens is 352 g/mol. The van der Waals surface area contributed by atoms with Crippen molar-refractivity contribution in [2.75, 3.05) is 13.2 Å². The number of carbonyl (C=O) groups is 2. The molecule has 4 fully saturated rings. The minimum atomic E-state index is -0.0958. The maximum absolute atomic E-state index is 12.6. The quantitative estimate of drug-likeness (QED) is 0.711. The Labute approximate surface area is 168 Å². The highest BCUT2D eigenvalue weighted by Gasteiger charge is 2.60. The lowest BCUT2D eigenvalue weighted by Gasteiger charge is -2.58. The smallest absolute Gasteiger partial charge is 0.157 e. The lowest BCUT2D eigenvalue weighted by molar-refractivity contribution is -0.191. The zero-order valence-corrected chi connectivity index (χ0v) is 17.2. The summed E-state index contributed by atoms with van der Waals surface area (Å²) in [5, 5.41) is 0. The minimum absolute atomic E-state index is 0.00932. The first kappa shape index (κ1) is 19.0. The van der Waals surface area contributed by atoms with Crippen molar-refractivity contribution >= 4 is 11.6 Å². The van der Waals surface area contributed by atoms with Crippen molar-refractivity contribution in [3.63, 3.8) is 0 Å². The third-order valence-corrected chi connectivity index (χ3v) is 9.06. The number of rotatable bonds is 3. The molecule has 4 heteroatoms. The van der Waals surface area contributed by atoms with Crippen LogP contribution in [0.4, 0.5) is 0 Å². The van der Waals surface area contributed by atoms with Crippen LogP contribution in [0.2, 0.25) is 0 Å². The maximum Gasteiger partial charge on any atom is 0.157 e. The number of ketones is 2. The molecule has 5 rings (SSSR count). The van der Waals surface area contributed by atoms with E-state index in [0.717, 1.165) is 64.4 Å². The molecule has 0 aromatic carbocycles. The summed E-state index contributed by atoms with van der Waals surface area (Å²) in [6.45, 7) is 3.72. The molecule has 3 saturated carbocycles. The second kappa shape index (κ2) is 7.05. The van der Waals surface area contributed by atoms with E-state index < -0.39 is 0 Å². The van der Waals surface area contributed by atoms with Crippen LogP contribution in [0.5, 0.6) is 0 Å². The van der Waals surface area contributed by atoms with E-state index in [4.69, 9.17) is 9.47 Å². The zero-order chi connectivity index (χ0) is 19.4. The largest absolute Gasteiger partial charge is 0.353 e. The summed E-state index contributed by atoms with van der Waals surface area (Å²) in [7, 11) is 0. The van der Waals surface area contributed by atoms with E-state index in [1.54, 1.807) is 0 Å². The molecule has 4 nitrogen and oxygen atoms in total. The first-order chi connectivity index (χ1) is 13.5. The Morgan fingerprint density at radius 2 is 1.93 bits per heavy atom. The first-order valence-corrected chi connectivity index (χ1v) is 11.5. The Hall–Kier alpha value is -1.00. The van der Waals surface area contributed by atoms with E-state index in [9.17, 15) is 9.59 Å². The predicted molar refractivity (Wildman–Crippen MR) is 106 cm³/mol. The predicted octanol–water partition coefficient (Wildman–Crippen LogP) is 4.61. The number of fused-ring (bicyclic) bond motifs is 5. The van der Waals surface area contributed by atoms with Gasteiger partial charge >= 0.3 is 0 Å². The molecule has 0 radical (unpaired) electrons. The molecule has 6 unspecified atom stereocenters. The van der Waals surface area contributed by atoms with Crippen LogP contribution in [0.25, 0.3) is 0 Å². The number of hydrogen-bond acceptors (Lipinski definition) is 4. The van der Waals surface area contributed by atoms with Gasteiger partial charge in [-0.25, -0.2) is 0 Å². The summed E-state index contributed by atoms with van der Waals surface area (Å²) >= 11 is 0. The van der Waals surface area contributed by atoms with E-state index in [-0.39, 0.29) is 22.9 Å². The van der Waals surface area contributed by atoms with Crippen LogP contribution in [-0.4, -0.2) is 31.1 Å². The van der Waals surface area contributed by atoms with Crippen LogP contribution in [0.15, 0.2) is 11.6 Å². The highest BCUT2D eigenvalue weighted by atomic mass is 16.7. The SMILES string of the molecule is CC12CCC3C(CCC4=CC(=O)CCC43COC3CCCCO3)C1CCC2=O. The molecule has 0 aromatic heterocycles. The third kappa shape index (κ3) is 2.86. The van der Waals surface area contributed by atoms with Gasteiger partial charge in [0.05, 0.1) is 6.61 Å². The fourth-order valence-electron chi connectivity index (χ4n) is 7.49. The number of Topliss-reactive ketones (excluding diaryl/α,β-unsaturated/α-hetero) is 1. The van der Waals surface area contributed by atoms with Crippen LogP contribution < -0.4 is 0 Å². The summed E-state index contributed by atoms with van der Waals surface area (Å²) in [4.78, 5) is 24.9. The fourth-order valence-corrected chi connectivity index (χ4v) is 7.49. The molecule has 1 saturated heterocycles. The van der Waals surface area contributed by atoms with Crippen LogP contribution >= 0.6 is 0 Å². The molecule has 1 aliphatic heterocycles. The van der Waals surface area contributed by atoms with Crippen LogP contribution in [0, 0.1) is 28.6 Å². The monoisotopic (exact) mass is 386 g/mol. The highest BCUT2D eigenvalue weighted by molar-refractivity contribution is 5.91. The molecule has 6 atom stereocenters. The van der Waals surface area contributed by atoms with Crippen molar-refractivity contribution < 1.29 is 19.1 Å². The van der Waals surface area contributed by atoms with Crippen molar-refractivity contribution in [1.82, 2.24) is 0 Å². The summed E-state index contributed by atoms with van der Waals surface area (Å²) in [5.74, 6) is 2.46. The fraction of sp³-hybridized carbons (Fsp3) is 0.833. The van der Waals surface area contributed by atoms with Gasteiger partial charge in [0, 0.05) is 30.3 Å². The van der Waals surface area contributed by atoms with Gasteiger partial charge in [0.1, 0.15) is 5.78 Å². The summed E-state index contributed by atoms with van der Waals surface area (Å²) < 4.78 is 12.2. The standard InChI is InChI=1S/C24H34O4/c1-23-11-10-20-18(19(23)7-8-21(23)26)6-5-16-14-17(25)9-12-24(16,20)15-28-22-4-2-3-13-27-22/h14,18-20,22H,2-13,15H2,1H3. The molecule has 5 aliphatic rings. The van der Waals surface area contributed by atoms with Gasteiger partial charge in [-0.2, -0.15) is 0 Å². The normalized spacial score (nSPS) is 45.8. The average molecular weight is 387 g/mol. The summed E-state index contributed by atoms with van der Waals surface area (Å²) in [6.07, 6.45) is 12.8. The first-order valence-electron chi connectivity index (χ1n) is 11.5. The van der Waals surface area contributed by atoms with E-state index >= 15 is 0 Å². The van der Waals surface area contributed by atoms with Gasteiger partial charge in [-0.1, -0.05) is 12.5 Å². The molecule has 0 spiro atoms. The number of ether oxygens (including phenoxy) is 2. The van der Waals surface area contributed by atoms with Gasteiger partial charge in [0.15, 0.2) is 12.1 Å². The van der Waals surface area contributed by atoms with Crippen molar-refractivity contribution in [1.29, 1.82) is 0 Å². The lowest BCUT2D eigenvalue weighted by Crippen LogP contribution is -2.53. The third-order valence-electron chi connectivity index (χ3n) is 9.06. The molecule has 1 heterocycles. The molecular formula is C24H34O4. The van der Waals surface area contributed by atoms with E-state index in [1.807, 2.05) is 6.08 Å². The van der Waals surface area contributed by atoms with E-state index in [1.165, 1.54) is 12.0 Å². The number of carbonyl (C=O) groups excluding carboxylic acids is 2. The average Bonchev–Trinajstić information content (AvgIpc) is 3.02. The molecule has 4 aliphatic carbocycles. The van der Waals surface area contributed by atoms with Gasteiger partial charge in [0.2, 0.25) is 0 Å². The van der Waals surface area contributed by atoms with Crippen LogP contribution in [-0.2, 0) is 19.1 Å². The Morgan fingerprint density at radius 1 is 1.04 bits per heavy atom. The second-order valence-electron chi connectivity index (χ2n) is 10.2. The highest BCUT2D eigenvalue weighted by Crippen LogP contribution is 2.64. The van der Waals surface area contributed by atoms with Crippen molar-refractivity contribution in [2.24, 2.45) is 28.6 Å². The van der Waals surface area contributed by atoms with E-state index in [0.29, 0.717) is 36.6 Å². The molecule has 28 heavy (non-hydrogen) atoms. The van der Waals surface area contributed by atoms with Gasteiger partial charge in [-0.3, -0.25) is 9.59 Å². The maximum atomic E-state index is 12.6. The Bertz CT molecular complexity index is 691. The van der Waals surface area contributed by atoms with Crippen molar-refractivity contribution in [3.8, 4) is 0 Å². The van der Waals surface area contributed by atoms with Crippen LogP contribution in [0.3, 0.4) is 0 Å². The Morgan fingerprint density at radius 3 is 2.75 bits per heavy atom. The molecule has 0 bridgehead atoms. The summed E-state index contributed by atoms with van der Waals surface area (Å²) in [5.41, 5.74) is 1.24. The van der Waals surface area contributed by atoms with Crippen molar-refractivity contribution in [3.05, 3.63) is 11.6 Å². The summed E-state index contributed by atoms with van der Waals surface area (Å²) in [6, 6.07) is 0. The Kier molecular flexibility index (Phi) is 4.78. The molecule has 0 amide bonds. The lowest BCUT2D eigenvalue weighted by atomic mass is 9.47. The van der Waals surface area contributed by atoms with Gasteiger partial charge in [-0.05, 0) is 81.6 Å². The zero-order valence-electron chi connectivity index (χ0n) is 17.2. The van der Waals surface area contributed by atoms with Gasteiger partial charge in [-0.15, -0.1) is 0 Å². The Balaban J connectivity index is 1.44. The topological polar surface area (TPSA) is 52.6 Å². The minimum Gasteiger partial charge on any atom is -0.353 e.